The van der Waals surface area contributed by atoms with Crippen LogP contribution in [-0.2, 0) is 11.2 Å². The number of hydrogen-bond acceptors (Lipinski definition) is 2. The molecule has 4 heteroatoms. The van der Waals surface area contributed by atoms with Crippen molar-refractivity contribution in [2.45, 2.75) is 51.0 Å². The third-order valence-corrected chi connectivity index (χ3v) is 5.11. The Morgan fingerprint density at radius 1 is 0.889 bits per heavy atom. The highest BCUT2D eigenvalue weighted by Gasteiger charge is 2.16. The van der Waals surface area contributed by atoms with Crippen LogP contribution in [0.5, 0.6) is 0 Å². The molecule has 0 bridgehead atoms. The van der Waals surface area contributed by atoms with Crippen molar-refractivity contribution in [2.24, 2.45) is 0 Å². The maximum Gasteiger partial charge on any atom is 0.251 e. The molecular weight excluding hydrogens is 336 g/mol. The van der Waals surface area contributed by atoms with Gasteiger partial charge in [0.05, 0.1) is 0 Å². The van der Waals surface area contributed by atoms with Gasteiger partial charge in [-0.15, -0.1) is 0 Å². The molecule has 2 aromatic carbocycles. The zero-order valence-electron chi connectivity index (χ0n) is 15.7. The Balaban J connectivity index is 1.50. The Morgan fingerprint density at radius 2 is 1.59 bits per heavy atom. The summed E-state index contributed by atoms with van der Waals surface area (Å²) < 4.78 is 0. The summed E-state index contributed by atoms with van der Waals surface area (Å²) >= 11 is 0. The summed E-state index contributed by atoms with van der Waals surface area (Å²) in [5.41, 5.74) is 2.84. The molecule has 27 heavy (non-hydrogen) atoms. The van der Waals surface area contributed by atoms with E-state index in [1.165, 1.54) is 24.8 Å². The molecule has 1 aliphatic carbocycles. The molecule has 4 nitrogen and oxygen atoms in total. The standard InChI is InChI=1S/C23H28N2O2/c26-22(25-20-12-5-2-6-13-20)15-16-24-23(27)21-14-8-7-11-19(21)17-18-9-3-1-4-10-18/h1,3-4,7-11,14,20H,2,5-6,12-13,15-17H2,(H,24,27)(H,25,26). The van der Waals surface area contributed by atoms with Crippen molar-refractivity contribution < 1.29 is 9.59 Å². The monoisotopic (exact) mass is 364 g/mol. The molecule has 2 amide bonds. The number of carbonyl (C=O) groups excluding carboxylic acids is 2. The Morgan fingerprint density at radius 3 is 2.37 bits per heavy atom. The first kappa shape index (κ1) is 19.2. The first-order valence-corrected chi connectivity index (χ1v) is 9.92. The molecule has 3 rings (SSSR count). The number of rotatable bonds is 7. The molecule has 1 fully saturated rings. The molecule has 0 atom stereocenters. The van der Waals surface area contributed by atoms with Crippen molar-refractivity contribution in [3.63, 3.8) is 0 Å². The summed E-state index contributed by atoms with van der Waals surface area (Å²) in [6, 6.07) is 18.1. The lowest BCUT2D eigenvalue weighted by molar-refractivity contribution is -0.121. The average Bonchev–Trinajstić information content (AvgIpc) is 2.70. The number of benzene rings is 2. The maximum atomic E-state index is 12.6. The van der Waals surface area contributed by atoms with Gasteiger partial charge in [-0.3, -0.25) is 9.59 Å². The van der Waals surface area contributed by atoms with E-state index in [2.05, 4.69) is 22.8 Å². The Bertz CT molecular complexity index is 752. The highest BCUT2D eigenvalue weighted by molar-refractivity contribution is 5.96. The lowest BCUT2D eigenvalue weighted by Gasteiger charge is -2.22. The molecule has 0 radical (unpaired) electrons. The minimum Gasteiger partial charge on any atom is -0.353 e. The van der Waals surface area contributed by atoms with Crippen LogP contribution in [0, 0.1) is 0 Å². The topological polar surface area (TPSA) is 58.2 Å². The van der Waals surface area contributed by atoms with E-state index in [1.54, 1.807) is 0 Å². The Hall–Kier alpha value is -2.62. The second-order valence-corrected chi connectivity index (χ2v) is 7.23. The van der Waals surface area contributed by atoms with Gasteiger partial charge < -0.3 is 10.6 Å². The number of hydrogen-bond donors (Lipinski definition) is 2. The Labute approximate surface area is 161 Å². The van der Waals surface area contributed by atoms with Crippen LogP contribution in [0.3, 0.4) is 0 Å². The van der Waals surface area contributed by atoms with Crippen LogP contribution < -0.4 is 10.6 Å². The second-order valence-electron chi connectivity index (χ2n) is 7.23. The minimum atomic E-state index is -0.119. The number of carbonyl (C=O) groups is 2. The molecular formula is C23H28N2O2. The quantitative estimate of drug-likeness (QED) is 0.784. The van der Waals surface area contributed by atoms with Gasteiger partial charge >= 0.3 is 0 Å². The molecule has 0 spiro atoms. The average molecular weight is 364 g/mol. The Kier molecular flexibility index (Phi) is 7.03. The normalized spacial score (nSPS) is 14.5. The second kappa shape index (κ2) is 9.91. The molecule has 2 aromatic rings. The van der Waals surface area contributed by atoms with Crippen molar-refractivity contribution in [2.75, 3.05) is 6.54 Å². The number of nitrogens with one attached hydrogen (secondary N) is 2. The largest absolute Gasteiger partial charge is 0.353 e. The molecule has 142 valence electrons. The molecule has 0 aromatic heterocycles. The fraction of sp³-hybridized carbons (Fsp3) is 0.391. The first-order chi connectivity index (χ1) is 13.2. The molecule has 0 unspecified atom stereocenters. The summed E-state index contributed by atoms with van der Waals surface area (Å²) in [6.45, 7) is 0.358. The van der Waals surface area contributed by atoms with Gasteiger partial charge in [-0.05, 0) is 36.5 Å². The summed E-state index contributed by atoms with van der Waals surface area (Å²) in [5.74, 6) is -0.0910. The maximum absolute atomic E-state index is 12.6. The van der Waals surface area contributed by atoms with E-state index in [4.69, 9.17) is 0 Å². The summed E-state index contributed by atoms with van der Waals surface area (Å²) in [6.07, 6.45) is 6.84. The predicted molar refractivity (Wildman–Crippen MR) is 108 cm³/mol. The lowest BCUT2D eigenvalue weighted by atomic mass is 9.95. The van der Waals surface area contributed by atoms with Gasteiger partial charge in [-0.1, -0.05) is 67.8 Å². The van der Waals surface area contributed by atoms with Crippen LogP contribution >= 0.6 is 0 Å². The minimum absolute atomic E-state index is 0.0276. The van der Waals surface area contributed by atoms with Gasteiger partial charge in [-0.25, -0.2) is 0 Å². The number of amides is 2. The zero-order chi connectivity index (χ0) is 18.9. The van der Waals surface area contributed by atoms with Gasteiger partial charge in [0.1, 0.15) is 0 Å². The van der Waals surface area contributed by atoms with E-state index in [0.29, 0.717) is 31.0 Å². The molecule has 1 aliphatic rings. The van der Waals surface area contributed by atoms with E-state index >= 15 is 0 Å². The van der Waals surface area contributed by atoms with Gasteiger partial charge in [0, 0.05) is 24.6 Å². The predicted octanol–water partition coefficient (Wildman–Crippen LogP) is 3.85. The van der Waals surface area contributed by atoms with E-state index in [9.17, 15) is 9.59 Å². The lowest BCUT2D eigenvalue weighted by Crippen LogP contribution is -2.38. The fourth-order valence-electron chi connectivity index (χ4n) is 3.64. The third kappa shape index (κ3) is 5.95. The van der Waals surface area contributed by atoms with Crippen molar-refractivity contribution in [1.29, 1.82) is 0 Å². The van der Waals surface area contributed by atoms with E-state index < -0.39 is 0 Å². The zero-order valence-corrected chi connectivity index (χ0v) is 15.7. The van der Waals surface area contributed by atoms with Crippen LogP contribution in [0.4, 0.5) is 0 Å². The van der Waals surface area contributed by atoms with Crippen molar-refractivity contribution in [1.82, 2.24) is 10.6 Å². The third-order valence-electron chi connectivity index (χ3n) is 5.11. The molecule has 0 aliphatic heterocycles. The van der Waals surface area contributed by atoms with Crippen LogP contribution in [0.15, 0.2) is 54.6 Å². The van der Waals surface area contributed by atoms with Gasteiger partial charge in [0.15, 0.2) is 0 Å². The van der Waals surface area contributed by atoms with Gasteiger partial charge in [0.2, 0.25) is 5.91 Å². The molecule has 1 saturated carbocycles. The smallest absolute Gasteiger partial charge is 0.251 e. The highest BCUT2D eigenvalue weighted by atomic mass is 16.2. The van der Waals surface area contributed by atoms with E-state index in [0.717, 1.165) is 18.4 Å². The van der Waals surface area contributed by atoms with Crippen LogP contribution in [-0.4, -0.2) is 24.4 Å². The molecule has 0 saturated heterocycles. The SMILES string of the molecule is O=C(CCNC(=O)c1ccccc1Cc1ccccc1)NC1CCCCC1. The fourth-order valence-corrected chi connectivity index (χ4v) is 3.64. The van der Waals surface area contributed by atoms with Gasteiger partial charge in [0.25, 0.3) is 5.91 Å². The van der Waals surface area contributed by atoms with E-state index in [-0.39, 0.29) is 11.8 Å². The molecule has 0 heterocycles. The van der Waals surface area contributed by atoms with Crippen molar-refractivity contribution >= 4 is 11.8 Å². The van der Waals surface area contributed by atoms with Crippen LogP contribution in [0.1, 0.15) is 60.0 Å². The van der Waals surface area contributed by atoms with Crippen LogP contribution in [0.2, 0.25) is 0 Å². The van der Waals surface area contributed by atoms with Crippen LogP contribution in [0.25, 0.3) is 0 Å². The summed E-state index contributed by atoms with van der Waals surface area (Å²) in [5, 5.41) is 5.98. The molecule has 2 N–H and O–H groups in total. The van der Waals surface area contributed by atoms with Gasteiger partial charge in [-0.2, -0.15) is 0 Å². The van der Waals surface area contributed by atoms with E-state index in [1.807, 2.05) is 42.5 Å². The first-order valence-electron chi connectivity index (χ1n) is 9.92. The highest BCUT2D eigenvalue weighted by Crippen LogP contribution is 2.17. The summed E-state index contributed by atoms with van der Waals surface area (Å²) in [7, 11) is 0. The summed E-state index contributed by atoms with van der Waals surface area (Å²) in [4.78, 5) is 24.7. The van der Waals surface area contributed by atoms with Crippen molar-refractivity contribution in [3.05, 3.63) is 71.3 Å². The van der Waals surface area contributed by atoms with Crippen molar-refractivity contribution in [3.8, 4) is 0 Å².